The summed E-state index contributed by atoms with van der Waals surface area (Å²) in [6.07, 6.45) is 0.666. The lowest BCUT2D eigenvalue weighted by Crippen LogP contribution is -2.10. The van der Waals surface area contributed by atoms with Gasteiger partial charge in [-0.15, -0.1) is 10.2 Å². The molecule has 0 atom stereocenters. The number of nitrogens with zero attached hydrogens (tertiary/aromatic N) is 2. The summed E-state index contributed by atoms with van der Waals surface area (Å²) in [4.78, 5) is 0. The second-order valence-corrected chi connectivity index (χ2v) is 4.24. The number of nitrogens with one attached hydrogen (secondary N) is 1. The van der Waals surface area contributed by atoms with Crippen molar-refractivity contribution in [2.45, 2.75) is 6.42 Å². The van der Waals surface area contributed by atoms with Gasteiger partial charge in [0, 0.05) is 13.0 Å². The molecule has 0 spiro atoms. The molecule has 0 radical (unpaired) electrons. The number of methoxy groups -OCH3 is 3. The quantitative estimate of drug-likeness (QED) is 0.829. The summed E-state index contributed by atoms with van der Waals surface area (Å²) < 4.78 is 21.6. The molecule has 1 aromatic heterocycles. The summed E-state index contributed by atoms with van der Waals surface area (Å²) in [5.41, 5.74) is 0.665. The molecule has 0 fully saturated rings. The summed E-state index contributed by atoms with van der Waals surface area (Å²) >= 11 is 0. The van der Waals surface area contributed by atoms with E-state index in [2.05, 4.69) is 15.5 Å². The molecule has 0 unspecified atom stereocenters. The van der Waals surface area contributed by atoms with Crippen LogP contribution in [0.2, 0.25) is 0 Å². The molecule has 0 aliphatic carbocycles. The number of aromatic nitrogens is 2. The molecule has 7 heteroatoms. The monoisotopic (exact) mass is 293 g/mol. The molecule has 114 valence electrons. The Balaban J connectivity index is 2.41. The predicted octanol–water partition coefficient (Wildman–Crippen LogP) is 1.52. The molecule has 2 rings (SSSR count). The van der Waals surface area contributed by atoms with Crippen molar-refractivity contribution in [2.75, 3.05) is 34.9 Å². The molecule has 0 amide bonds. The van der Waals surface area contributed by atoms with Crippen LogP contribution in [0.4, 0.5) is 0 Å². The zero-order chi connectivity index (χ0) is 15.2. The average Bonchev–Trinajstić information content (AvgIpc) is 2.99. The van der Waals surface area contributed by atoms with Crippen molar-refractivity contribution in [3.05, 3.63) is 18.0 Å². The van der Waals surface area contributed by atoms with Gasteiger partial charge in [0.2, 0.25) is 11.6 Å². The third-order valence-corrected chi connectivity index (χ3v) is 2.99. The van der Waals surface area contributed by atoms with Gasteiger partial charge in [0.15, 0.2) is 11.5 Å². The maximum absolute atomic E-state index is 5.65. The highest BCUT2D eigenvalue weighted by Gasteiger charge is 2.20. The minimum atomic E-state index is 0.388. The lowest BCUT2D eigenvalue weighted by Gasteiger charge is -2.13. The van der Waals surface area contributed by atoms with E-state index in [-0.39, 0.29) is 0 Å². The maximum Gasteiger partial charge on any atom is 0.251 e. The van der Waals surface area contributed by atoms with E-state index in [0.29, 0.717) is 41.0 Å². The first-order chi connectivity index (χ1) is 10.2. The topological polar surface area (TPSA) is 78.6 Å². The van der Waals surface area contributed by atoms with Gasteiger partial charge < -0.3 is 23.9 Å². The van der Waals surface area contributed by atoms with Gasteiger partial charge in [-0.2, -0.15) is 0 Å². The summed E-state index contributed by atoms with van der Waals surface area (Å²) in [6.45, 7) is 0.769. The Labute approximate surface area is 123 Å². The van der Waals surface area contributed by atoms with Gasteiger partial charge in [-0.3, -0.25) is 0 Å². The molecule has 0 saturated carbocycles. The van der Waals surface area contributed by atoms with Gasteiger partial charge in [0.05, 0.1) is 26.9 Å². The van der Waals surface area contributed by atoms with Crippen LogP contribution in [-0.4, -0.2) is 45.1 Å². The maximum atomic E-state index is 5.65. The van der Waals surface area contributed by atoms with Crippen LogP contribution in [0.3, 0.4) is 0 Å². The van der Waals surface area contributed by atoms with Crippen molar-refractivity contribution in [2.24, 2.45) is 0 Å². The number of likely N-dealkylation sites (N-methyl/N-ethyl adjacent to an activating group) is 1. The Bertz CT molecular complexity index is 598. The molecule has 1 aromatic carbocycles. The summed E-state index contributed by atoms with van der Waals surface area (Å²) in [5, 5.41) is 11.1. The third kappa shape index (κ3) is 3.08. The van der Waals surface area contributed by atoms with E-state index in [1.54, 1.807) is 33.5 Å². The summed E-state index contributed by atoms with van der Waals surface area (Å²) in [6, 6.07) is 3.57. The molecule has 0 aliphatic rings. The van der Waals surface area contributed by atoms with Crippen LogP contribution in [0.1, 0.15) is 5.89 Å². The average molecular weight is 293 g/mol. The Morgan fingerprint density at radius 2 is 1.81 bits per heavy atom. The van der Waals surface area contributed by atoms with Crippen molar-refractivity contribution in [1.29, 1.82) is 0 Å². The first-order valence-electron chi connectivity index (χ1n) is 6.51. The minimum Gasteiger partial charge on any atom is -0.493 e. The molecule has 1 N–H and O–H groups in total. The molecule has 0 saturated heterocycles. The van der Waals surface area contributed by atoms with Crippen LogP contribution in [0.15, 0.2) is 16.5 Å². The number of benzene rings is 1. The molecule has 0 aliphatic heterocycles. The fourth-order valence-corrected chi connectivity index (χ4v) is 1.97. The highest BCUT2D eigenvalue weighted by molar-refractivity contribution is 5.71. The second-order valence-electron chi connectivity index (χ2n) is 4.24. The van der Waals surface area contributed by atoms with Crippen molar-refractivity contribution in [3.63, 3.8) is 0 Å². The summed E-state index contributed by atoms with van der Waals surface area (Å²) in [7, 11) is 6.55. The molecule has 21 heavy (non-hydrogen) atoms. The Kier molecular flexibility index (Phi) is 4.99. The number of rotatable bonds is 7. The van der Waals surface area contributed by atoms with Crippen molar-refractivity contribution in [1.82, 2.24) is 15.5 Å². The van der Waals surface area contributed by atoms with Crippen molar-refractivity contribution >= 4 is 0 Å². The van der Waals surface area contributed by atoms with E-state index in [1.165, 1.54) is 0 Å². The van der Waals surface area contributed by atoms with E-state index < -0.39 is 0 Å². The van der Waals surface area contributed by atoms with E-state index in [4.69, 9.17) is 18.6 Å². The van der Waals surface area contributed by atoms with Crippen molar-refractivity contribution < 1.29 is 18.6 Å². The first kappa shape index (κ1) is 15.1. The Morgan fingerprint density at radius 3 is 2.43 bits per heavy atom. The van der Waals surface area contributed by atoms with E-state index in [1.807, 2.05) is 7.05 Å². The normalized spacial score (nSPS) is 10.5. The standard InChI is InChI=1S/C14H19N3O4/c1-15-8-7-11-16-17-14(21-11)9-5-6-10(18-2)13(20-4)12(9)19-3/h5-6,15H,7-8H2,1-4H3. The molecule has 0 bridgehead atoms. The van der Waals surface area contributed by atoms with Crippen LogP contribution in [0.5, 0.6) is 17.2 Å². The molecule has 1 heterocycles. The number of hydrogen-bond donors (Lipinski definition) is 1. The minimum absolute atomic E-state index is 0.388. The van der Waals surface area contributed by atoms with Crippen LogP contribution >= 0.6 is 0 Å². The van der Waals surface area contributed by atoms with Crippen LogP contribution in [0, 0.1) is 0 Å². The lowest BCUT2D eigenvalue weighted by molar-refractivity contribution is 0.324. The van der Waals surface area contributed by atoms with Crippen LogP contribution in [-0.2, 0) is 6.42 Å². The molecule has 2 aromatic rings. The SMILES string of the molecule is CNCCc1nnc(-c2ccc(OC)c(OC)c2OC)o1. The van der Waals surface area contributed by atoms with Gasteiger partial charge in [0.1, 0.15) is 0 Å². The van der Waals surface area contributed by atoms with Gasteiger partial charge in [-0.1, -0.05) is 0 Å². The lowest BCUT2D eigenvalue weighted by atomic mass is 10.1. The highest BCUT2D eigenvalue weighted by atomic mass is 16.5. The van der Waals surface area contributed by atoms with Gasteiger partial charge in [-0.25, -0.2) is 0 Å². The first-order valence-corrected chi connectivity index (χ1v) is 6.51. The fraction of sp³-hybridized carbons (Fsp3) is 0.429. The zero-order valence-electron chi connectivity index (χ0n) is 12.6. The zero-order valence-corrected chi connectivity index (χ0v) is 12.6. The Morgan fingerprint density at radius 1 is 1.05 bits per heavy atom. The van der Waals surface area contributed by atoms with Crippen LogP contribution in [0.25, 0.3) is 11.5 Å². The van der Waals surface area contributed by atoms with Crippen LogP contribution < -0.4 is 19.5 Å². The molecular formula is C14H19N3O4. The molecule has 7 nitrogen and oxygen atoms in total. The molecular weight excluding hydrogens is 274 g/mol. The second kappa shape index (κ2) is 6.94. The highest BCUT2D eigenvalue weighted by Crippen LogP contribution is 2.43. The number of hydrogen-bond acceptors (Lipinski definition) is 7. The third-order valence-electron chi connectivity index (χ3n) is 2.99. The van der Waals surface area contributed by atoms with E-state index >= 15 is 0 Å². The largest absolute Gasteiger partial charge is 0.493 e. The van der Waals surface area contributed by atoms with E-state index in [9.17, 15) is 0 Å². The fourth-order valence-electron chi connectivity index (χ4n) is 1.97. The van der Waals surface area contributed by atoms with Crippen molar-refractivity contribution in [3.8, 4) is 28.7 Å². The van der Waals surface area contributed by atoms with Gasteiger partial charge >= 0.3 is 0 Å². The van der Waals surface area contributed by atoms with Gasteiger partial charge in [0.25, 0.3) is 5.89 Å². The van der Waals surface area contributed by atoms with E-state index in [0.717, 1.165) is 6.54 Å². The van der Waals surface area contributed by atoms with Gasteiger partial charge in [-0.05, 0) is 19.2 Å². The smallest absolute Gasteiger partial charge is 0.251 e. The summed E-state index contributed by atoms with van der Waals surface area (Å²) in [5.74, 6) is 2.52. The number of ether oxygens (including phenoxy) is 3. The Hall–Kier alpha value is -2.28. The predicted molar refractivity (Wildman–Crippen MR) is 77.0 cm³/mol.